The van der Waals surface area contributed by atoms with E-state index in [1.54, 1.807) is 6.20 Å². The van der Waals surface area contributed by atoms with Crippen molar-refractivity contribution in [2.75, 3.05) is 46.5 Å². The van der Waals surface area contributed by atoms with Gasteiger partial charge in [0, 0.05) is 63.5 Å². The van der Waals surface area contributed by atoms with Gasteiger partial charge in [-0.3, -0.25) is 19.2 Å². The molecule has 2 saturated heterocycles. The maximum atomic E-state index is 13.8. The first-order chi connectivity index (χ1) is 18.0. The van der Waals surface area contributed by atoms with Crippen LogP contribution in [-0.4, -0.2) is 89.1 Å². The van der Waals surface area contributed by atoms with Crippen LogP contribution in [0.1, 0.15) is 60.5 Å². The fourth-order valence-electron chi connectivity index (χ4n) is 6.63. The molecule has 2 atom stereocenters. The number of fused-ring (bicyclic) bond motifs is 3. The van der Waals surface area contributed by atoms with Crippen LogP contribution in [0.2, 0.25) is 0 Å². The SMILES string of the molecule is CO[C@@H]1CCCC[C@H]1N1CCN(C(=O)c2cc3c(cc2C)[nH]c(=O)c2cnn(C4CCOCC4)c23)CC1.Cl. The molecule has 38 heavy (non-hydrogen) atoms. The van der Waals surface area contributed by atoms with E-state index in [1.807, 2.05) is 35.7 Å². The van der Waals surface area contributed by atoms with Crippen molar-refractivity contribution in [1.29, 1.82) is 0 Å². The quantitative estimate of drug-likeness (QED) is 0.540. The Morgan fingerprint density at radius 2 is 1.79 bits per heavy atom. The molecule has 1 N–H and O–H groups in total. The molecule has 1 amide bonds. The number of aryl methyl sites for hydroxylation is 1. The standard InChI is InChI=1S/C28H37N5O4.ClH/c1-18-15-23-21(26-22(27(34)30-23)17-29-33(26)19-7-13-37-14-8-19)16-20(18)28(35)32-11-9-31(10-12-32)24-5-3-4-6-25(24)36-2;/h15-17,19,24-25H,3-14H2,1-2H3,(H,30,34);1H/t24-,25-;/m1./s1. The second-order valence-corrected chi connectivity index (χ2v) is 10.8. The maximum Gasteiger partial charge on any atom is 0.259 e. The van der Waals surface area contributed by atoms with Crippen LogP contribution in [-0.2, 0) is 9.47 Å². The first-order valence-corrected chi connectivity index (χ1v) is 13.7. The average molecular weight is 544 g/mol. The Hall–Kier alpha value is -2.46. The minimum absolute atomic E-state index is 0. The molecule has 10 heteroatoms. The average Bonchev–Trinajstić information content (AvgIpc) is 3.39. The normalized spacial score (nSPS) is 23.6. The molecular weight excluding hydrogens is 506 g/mol. The van der Waals surface area contributed by atoms with Crippen LogP contribution in [0.15, 0.2) is 23.1 Å². The number of amides is 1. The molecule has 1 aliphatic carbocycles. The number of hydrogen-bond donors (Lipinski definition) is 1. The number of halogens is 1. The molecule has 206 valence electrons. The Morgan fingerprint density at radius 3 is 2.53 bits per heavy atom. The number of hydrogen-bond acceptors (Lipinski definition) is 6. The lowest BCUT2D eigenvalue weighted by atomic mass is 9.90. The molecule has 0 radical (unpaired) electrons. The molecule has 9 nitrogen and oxygen atoms in total. The molecule has 1 saturated carbocycles. The van der Waals surface area contributed by atoms with Gasteiger partial charge < -0.3 is 19.4 Å². The second-order valence-electron chi connectivity index (χ2n) is 10.8. The van der Waals surface area contributed by atoms with Gasteiger partial charge in [0.1, 0.15) is 0 Å². The number of aromatic nitrogens is 3. The Bertz CT molecular complexity index is 1360. The third kappa shape index (κ3) is 4.85. The Kier molecular flexibility index (Phi) is 8.09. The summed E-state index contributed by atoms with van der Waals surface area (Å²) in [5.41, 5.74) is 2.98. The lowest BCUT2D eigenvalue weighted by molar-refractivity contribution is -0.0249. The third-order valence-corrected chi connectivity index (χ3v) is 8.72. The highest BCUT2D eigenvalue weighted by Crippen LogP contribution is 2.31. The summed E-state index contributed by atoms with van der Waals surface area (Å²) in [6.07, 6.45) is 8.45. The molecule has 3 aromatic rings. The number of piperazine rings is 1. The molecule has 0 bridgehead atoms. The molecule has 6 rings (SSSR count). The van der Waals surface area contributed by atoms with Crippen molar-refractivity contribution in [2.24, 2.45) is 0 Å². The fourth-order valence-corrected chi connectivity index (χ4v) is 6.63. The van der Waals surface area contributed by atoms with Gasteiger partial charge in [0.2, 0.25) is 0 Å². The second kappa shape index (κ2) is 11.3. The Balaban J connectivity index is 0.00000294. The van der Waals surface area contributed by atoms with Crippen molar-refractivity contribution in [3.8, 4) is 0 Å². The van der Waals surface area contributed by atoms with E-state index in [4.69, 9.17) is 9.47 Å². The molecule has 0 unspecified atom stereocenters. The van der Waals surface area contributed by atoms with E-state index in [2.05, 4.69) is 15.0 Å². The first-order valence-electron chi connectivity index (χ1n) is 13.7. The van der Waals surface area contributed by atoms with Gasteiger partial charge in [-0.05, 0) is 50.3 Å². The van der Waals surface area contributed by atoms with Gasteiger partial charge in [-0.25, -0.2) is 0 Å². The van der Waals surface area contributed by atoms with E-state index in [0.717, 1.165) is 54.3 Å². The van der Waals surface area contributed by atoms with Gasteiger partial charge in [-0.15, -0.1) is 12.4 Å². The van der Waals surface area contributed by atoms with Crippen molar-refractivity contribution in [3.05, 3.63) is 39.8 Å². The minimum atomic E-state index is -0.146. The monoisotopic (exact) mass is 543 g/mol. The van der Waals surface area contributed by atoms with Crippen LogP contribution >= 0.6 is 12.4 Å². The highest BCUT2D eigenvalue weighted by atomic mass is 35.5. The summed E-state index contributed by atoms with van der Waals surface area (Å²) < 4.78 is 13.3. The fraction of sp³-hybridized carbons (Fsp3) is 0.607. The van der Waals surface area contributed by atoms with Gasteiger partial charge in [0.05, 0.1) is 34.8 Å². The molecule has 1 aromatic carbocycles. The van der Waals surface area contributed by atoms with Crippen LogP contribution < -0.4 is 5.56 Å². The van der Waals surface area contributed by atoms with Crippen molar-refractivity contribution < 1.29 is 14.3 Å². The number of ether oxygens (including phenoxy) is 2. The lowest BCUT2D eigenvalue weighted by Gasteiger charge is -2.43. The Morgan fingerprint density at radius 1 is 1.05 bits per heavy atom. The van der Waals surface area contributed by atoms with E-state index in [9.17, 15) is 9.59 Å². The largest absolute Gasteiger partial charge is 0.381 e. The van der Waals surface area contributed by atoms with Gasteiger partial charge in [0.25, 0.3) is 11.5 Å². The summed E-state index contributed by atoms with van der Waals surface area (Å²) in [6, 6.07) is 4.54. The van der Waals surface area contributed by atoms with E-state index in [-0.39, 0.29) is 29.9 Å². The van der Waals surface area contributed by atoms with Crippen LogP contribution in [0.5, 0.6) is 0 Å². The van der Waals surface area contributed by atoms with Crippen molar-refractivity contribution in [2.45, 2.75) is 63.6 Å². The van der Waals surface area contributed by atoms with Crippen molar-refractivity contribution in [1.82, 2.24) is 24.6 Å². The summed E-state index contributed by atoms with van der Waals surface area (Å²) in [6.45, 7) is 6.50. The van der Waals surface area contributed by atoms with Gasteiger partial charge in [-0.1, -0.05) is 12.8 Å². The highest BCUT2D eigenvalue weighted by molar-refractivity contribution is 6.07. The predicted molar refractivity (Wildman–Crippen MR) is 149 cm³/mol. The minimum Gasteiger partial charge on any atom is -0.381 e. The van der Waals surface area contributed by atoms with E-state index >= 15 is 0 Å². The number of nitrogens with zero attached hydrogens (tertiary/aromatic N) is 4. The number of pyridine rings is 1. The number of methoxy groups -OCH3 is 1. The highest BCUT2D eigenvalue weighted by Gasteiger charge is 2.33. The van der Waals surface area contributed by atoms with Crippen LogP contribution in [0.3, 0.4) is 0 Å². The number of aromatic amines is 1. The first kappa shape index (κ1) is 27.1. The number of carbonyl (C=O) groups is 1. The van der Waals surface area contributed by atoms with Crippen molar-refractivity contribution >= 4 is 40.1 Å². The molecular formula is C28H38ClN5O4. The molecule has 2 aliphatic heterocycles. The predicted octanol–water partition coefficient (Wildman–Crippen LogP) is 3.67. The molecule has 3 fully saturated rings. The van der Waals surface area contributed by atoms with E-state index in [0.29, 0.717) is 49.4 Å². The van der Waals surface area contributed by atoms with E-state index < -0.39 is 0 Å². The van der Waals surface area contributed by atoms with Crippen molar-refractivity contribution in [3.63, 3.8) is 0 Å². The number of H-pyrrole nitrogens is 1. The molecule has 4 heterocycles. The lowest BCUT2D eigenvalue weighted by Crippen LogP contribution is -2.55. The summed E-state index contributed by atoms with van der Waals surface area (Å²) in [4.78, 5) is 34.1. The maximum absolute atomic E-state index is 13.8. The number of benzene rings is 1. The third-order valence-electron chi connectivity index (χ3n) is 8.72. The molecule has 2 aromatic heterocycles. The zero-order valence-electron chi connectivity index (χ0n) is 22.3. The zero-order chi connectivity index (χ0) is 25.5. The number of nitrogens with one attached hydrogen (secondary N) is 1. The smallest absolute Gasteiger partial charge is 0.259 e. The van der Waals surface area contributed by atoms with Gasteiger partial charge in [0.15, 0.2) is 0 Å². The topological polar surface area (TPSA) is 92.7 Å². The number of carbonyl (C=O) groups excluding carboxylic acids is 1. The van der Waals surface area contributed by atoms with Crippen LogP contribution in [0.25, 0.3) is 21.8 Å². The van der Waals surface area contributed by atoms with E-state index in [1.165, 1.54) is 19.3 Å². The summed E-state index contributed by atoms with van der Waals surface area (Å²) in [5.74, 6) is 0.0578. The molecule has 0 spiro atoms. The summed E-state index contributed by atoms with van der Waals surface area (Å²) in [5, 5.41) is 6.05. The molecule has 3 aliphatic rings. The van der Waals surface area contributed by atoms with Crippen LogP contribution in [0, 0.1) is 6.92 Å². The zero-order valence-corrected chi connectivity index (χ0v) is 23.1. The van der Waals surface area contributed by atoms with Gasteiger partial charge >= 0.3 is 0 Å². The van der Waals surface area contributed by atoms with Gasteiger partial charge in [-0.2, -0.15) is 5.10 Å². The summed E-state index contributed by atoms with van der Waals surface area (Å²) >= 11 is 0. The summed E-state index contributed by atoms with van der Waals surface area (Å²) in [7, 11) is 1.82. The Labute approximate surface area is 228 Å². The number of rotatable bonds is 4. The van der Waals surface area contributed by atoms with Crippen LogP contribution in [0.4, 0.5) is 0 Å².